The van der Waals surface area contributed by atoms with Gasteiger partial charge in [-0.15, -0.1) is 11.3 Å². The Morgan fingerprint density at radius 1 is 1.38 bits per heavy atom. The summed E-state index contributed by atoms with van der Waals surface area (Å²) in [5, 5.41) is 6.51. The van der Waals surface area contributed by atoms with Crippen LogP contribution < -0.4 is 10.1 Å². The normalized spacial score (nSPS) is 11.1. The molecule has 0 amide bonds. The summed E-state index contributed by atoms with van der Waals surface area (Å²) >= 11 is 5.16. The summed E-state index contributed by atoms with van der Waals surface area (Å²) in [5.41, 5.74) is 2.21. The Labute approximate surface area is 138 Å². The monoisotopic (exact) mass is 368 g/mol. The van der Waals surface area contributed by atoms with Gasteiger partial charge >= 0.3 is 0 Å². The van der Waals surface area contributed by atoms with Gasteiger partial charge in [-0.1, -0.05) is 29.8 Å². The maximum Gasteiger partial charge on any atom is 0.140 e. The number of aromatic nitrogens is 1. The third-order valence-corrected chi connectivity index (χ3v) is 4.34. The summed E-state index contributed by atoms with van der Waals surface area (Å²) in [6.45, 7) is 8.74. The Morgan fingerprint density at radius 2 is 2.19 bits per heavy atom. The minimum Gasteiger partial charge on any atom is -0.486 e. The Balaban J connectivity index is 2.00. The van der Waals surface area contributed by atoms with Gasteiger partial charge in [-0.25, -0.2) is 4.98 Å². The second kappa shape index (κ2) is 7.92. The zero-order valence-corrected chi connectivity index (χ0v) is 15.1. The number of nitrogens with zero attached hydrogens (tertiary/aromatic N) is 1. The van der Waals surface area contributed by atoms with Crippen molar-refractivity contribution in [2.75, 3.05) is 6.54 Å². The minimum absolute atomic E-state index is 0.525. The Morgan fingerprint density at radius 3 is 2.86 bits per heavy atom. The van der Waals surface area contributed by atoms with Gasteiger partial charge < -0.3 is 10.1 Å². The van der Waals surface area contributed by atoms with Gasteiger partial charge in [0.1, 0.15) is 17.4 Å². The van der Waals surface area contributed by atoms with Gasteiger partial charge in [-0.2, -0.15) is 0 Å². The number of ether oxygens (including phenoxy) is 1. The van der Waals surface area contributed by atoms with Crippen molar-refractivity contribution in [3.8, 4) is 5.75 Å². The van der Waals surface area contributed by atoms with Crippen LogP contribution in [-0.4, -0.2) is 11.5 Å². The molecule has 1 aromatic heterocycles. The summed E-state index contributed by atoms with van der Waals surface area (Å²) < 4.78 is 7.01. The lowest BCUT2D eigenvalue weighted by Crippen LogP contribution is -2.19. The van der Waals surface area contributed by atoms with Gasteiger partial charge in [0.05, 0.1) is 0 Å². The van der Waals surface area contributed by atoms with Crippen molar-refractivity contribution in [3.63, 3.8) is 0 Å². The topological polar surface area (TPSA) is 34.1 Å². The largest absolute Gasteiger partial charge is 0.486 e. The van der Waals surface area contributed by atoms with Crippen molar-refractivity contribution in [3.05, 3.63) is 44.3 Å². The Bertz CT molecular complexity index is 583. The van der Waals surface area contributed by atoms with E-state index in [-0.39, 0.29) is 0 Å². The fraction of sp³-hybridized carbons (Fsp3) is 0.438. The number of nitrogens with one attached hydrogen (secondary N) is 1. The molecule has 2 aromatic rings. The van der Waals surface area contributed by atoms with Crippen LogP contribution in [0, 0.1) is 12.8 Å². The molecule has 0 unspecified atom stereocenters. The van der Waals surface area contributed by atoms with E-state index in [9.17, 15) is 0 Å². The van der Waals surface area contributed by atoms with Crippen LogP contribution in [0.4, 0.5) is 0 Å². The average molecular weight is 369 g/mol. The molecule has 0 fully saturated rings. The van der Waals surface area contributed by atoms with Crippen LogP contribution >= 0.6 is 27.3 Å². The lowest BCUT2D eigenvalue weighted by atomic mass is 10.2. The van der Waals surface area contributed by atoms with Crippen molar-refractivity contribution in [1.29, 1.82) is 0 Å². The smallest absolute Gasteiger partial charge is 0.140 e. The molecule has 2 rings (SSSR count). The van der Waals surface area contributed by atoms with Gasteiger partial charge in [0.2, 0.25) is 0 Å². The molecule has 1 aromatic carbocycles. The van der Waals surface area contributed by atoms with Crippen LogP contribution in [0.15, 0.2) is 28.1 Å². The predicted molar refractivity (Wildman–Crippen MR) is 91.9 cm³/mol. The minimum atomic E-state index is 0.525. The highest BCUT2D eigenvalue weighted by Crippen LogP contribution is 2.24. The van der Waals surface area contributed by atoms with Crippen LogP contribution in [0.3, 0.4) is 0 Å². The van der Waals surface area contributed by atoms with E-state index < -0.39 is 0 Å². The molecule has 1 N–H and O–H groups in total. The number of halogens is 1. The number of benzene rings is 1. The van der Waals surface area contributed by atoms with Crippen molar-refractivity contribution >= 4 is 27.3 Å². The van der Waals surface area contributed by atoms with Crippen LogP contribution in [0.2, 0.25) is 0 Å². The van der Waals surface area contributed by atoms with Crippen molar-refractivity contribution in [2.45, 2.75) is 33.9 Å². The highest BCUT2D eigenvalue weighted by Gasteiger charge is 2.07. The van der Waals surface area contributed by atoms with Crippen molar-refractivity contribution < 1.29 is 4.74 Å². The van der Waals surface area contributed by atoms with Gasteiger partial charge in [0.25, 0.3) is 0 Å². The molecule has 0 saturated heterocycles. The molecule has 0 aliphatic carbocycles. The number of aryl methyl sites for hydroxylation is 1. The molecule has 0 radical (unpaired) electrons. The van der Waals surface area contributed by atoms with Crippen LogP contribution in [0.1, 0.15) is 30.1 Å². The maximum absolute atomic E-state index is 5.94. The van der Waals surface area contributed by atoms with E-state index in [0.717, 1.165) is 34.0 Å². The van der Waals surface area contributed by atoms with Crippen LogP contribution in [-0.2, 0) is 13.2 Å². The SMILES string of the molecule is Cc1csc(COc2ccc(Br)cc2CNCC(C)C)n1. The summed E-state index contributed by atoms with van der Waals surface area (Å²) in [4.78, 5) is 4.43. The zero-order chi connectivity index (χ0) is 15.2. The van der Waals surface area contributed by atoms with E-state index in [2.05, 4.69) is 46.1 Å². The first kappa shape index (κ1) is 16.5. The molecule has 5 heteroatoms. The average Bonchev–Trinajstić information content (AvgIpc) is 2.83. The first-order chi connectivity index (χ1) is 10.0. The summed E-state index contributed by atoms with van der Waals surface area (Å²) in [6, 6.07) is 6.13. The third kappa shape index (κ3) is 5.41. The van der Waals surface area contributed by atoms with E-state index in [1.54, 1.807) is 11.3 Å². The lowest BCUT2D eigenvalue weighted by molar-refractivity contribution is 0.301. The molecule has 0 saturated carbocycles. The van der Waals surface area contributed by atoms with Crippen molar-refractivity contribution in [1.82, 2.24) is 10.3 Å². The van der Waals surface area contributed by atoms with E-state index in [0.29, 0.717) is 12.5 Å². The molecule has 21 heavy (non-hydrogen) atoms. The summed E-state index contributed by atoms with van der Waals surface area (Å²) in [7, 11) is 0. The maximum atomic E-state index is 5.94. The number of thiazole rings is 1. The number of rotatable bonds is 7. The summed E-state index contributed by atoms with van der Waals surface area (Å²) in [6.07, 6.45) is 0. The molecule has 0 aliphatic heterocycles. The highest BCUT2D eigenvalue weighted by atomic mass is 79.9. The van der Waals surface area contributed by atoms with Crippen LogP contribution in [0.5, 0.6) is 5.75 Å². The summed E-state index contributed by atoms with van der Waals surface area (Å²) in [5.74, 6) is 1.56. The first-order valence-corrected chi connectivity index (χ1v) is 8.75. The van der Waals surface area contributed by atoms with Gasteiger partial charge in [-0.3, -0.25) is 0 Å². The van der Waals surface area contributed by atoms with E-state index in [1.165, 1.54) is 5.56 Å². The Kier molecular flexibility index (Phi) is 6.21. The van der Waals surface area contributed by atoms with Gasteiger partial charge in [0.15, 0.2) is 0 Å². The number of hydrogen-bond donors (Lipinski definition) is 1. The molecular weight excluding hydrogens is 348 g/mol. The molecule has 0 bridgehead atoms. The van der Waals surface area contributed by atoms with Gasteiger partial charge in [-0.05, 0) is 37.6 Å². The Hall–Kier alpha value is -0.910. The predicted octanol–water partition coefficient (Wildman–Crippen LogP) is 4.54. The molecule has 3 nitrogen and oxygen atoms in total. The standard InChI is InChI=1S/C16H21BrN2OS/c1-11(2)7-18-8-13-6-14(17)4-5-15(13)20-9-16-19-12(3)10-21-16/h4-6,10-11,18H,7-9H2,1-3H3. The van der Waals surface area contributed by atoms with E-state index in [1.807, 2.05) is 24.4 Å². The molecular formula is C16H21BrN2OS. The molecule has 0 atom stereocenters. The fourth-order valence-electron chi connectivity index (χ4n) is 1.93. The van der Waals surface area contributed by atoms with Gasteiger partial charge in [0, 0.05) is 27.7 Å². The number of hydrogen-bond acceptors (Lipinski definition) is 4. The molecule has 1 heterocycles. The highest BCUT2D eigenvalue weighted by molar-refractivity contribution is 9.10. The first-order valence-electron chi connectivity index (χ1n) is 7.07. The quantitative estimate of drug-likeness (QED) is 0.778. The molecule has 114 valence electrons. The molecule has 0 spiro atoms. The lowest BCUT2D eigenvalue weighted by Gasteiger charge is -2.13. The van der Waals surface area contributed by atoms with E-state index >= 15 is 0 Å². The third-order valence-electron chi connectivity index (χ3n) is 2.91. The zero-order valence-electron chi connectivity index (χ0n) is 12.6. The fourth-order valence-corrected chi connectivity index (χ4v) is 3.02. The van der Waals surface area contributed by atoms with Crippen molar-refractivity contribution in [2.24, 2.45) is 5.92 Å². The second-order valence-electron chi connectivity index (χ2n) is 5.45. The molecule has 0 aliphatic rings. The second-order valence-corrected chi connectivity index (χ2v) is 7.31. The van der Waals surface area contributed by atoms with E-state index in [4.69, 9.17) is 4.74 Å². The van der Waals surface area contributed by atoms with Crippen LogP contribution in [0.25, 0.3) is 0 Å².